The molecule has 2 rings (SSSR count). The number of hydrogen-bond donors (Lipinski definition) is 1. The Bertz CT molecular complexity index is 664. The Morgan fingerprint density at radius 3 is 2.29 bits per heavy atom. The molecule has 3 nitrogen and oxygen atoms in total. The smallest absolute Gasteiger partial charge is 0.383 e. The van der Waals surface area contributed by atoms with Crippen molar-refractivity contribution in [2.45, 2.75) is 32.9 Å². The van der Waals surface area contributed by atoms with Gasteiger partial charge in [-0.25, -0.2) is 9.97 Å². The van der Waals surface area contributed by atoms with Gasteiger partial charge in [-0.05, 0) is 13.0 Å². The van der Waals surface area contributed by atoms with Crippen LogP contribution >= 0.6 is 0 Å². The molecule has 2 N–H and O–H groups in total. The molecule has 21 heavy (non-hydrogen) atoms. The fourth-order valence-corrected chi connectivity index (χ4v) is 2.01. The monoisotopic (exact) mass is 295 g/mol. The van der Waals surface area contributed by atoms with E-state index in [1.54, 1.807) is 13.0 Å². The Labute approximate surface area is 121 Å². The lowest BCUT2D eigenvalue weighted by molar-refractivity contribution is -0.137. The molecule has 112 valence electrons. The van der Waals surface area contributed by atoms with E-state index >= 15 is 0 Å². The number of halogens is 3. The molecule has 1 aromatic carbocycles. The Morgan fingerprint density at radius 2 is 1.71 bits per heavy atom. The van der Waals surface area contributed by atoms with Crippen LogP contribution in [0, 0.1) is 6.92 Å². The van der Waals surface area contributed by atoms with E-state index in [4.69, 9.17) is 5.73 Å². The van der Waals surface area contributed by atoms with Gasteiger partial charge in [0.25, 0.3) is 0 Å². The molecule has 1 aromatic heterocycles. The van der Waals surface area contributed by atoms with Crippen LogP contribution < -0.4 is 5.73 Å². The number of nitrogens with two attached hydrogens (primary N) is 1. The summed E-state index contributed by atoms with van der Waals surface area (Å²) >= 11 is 0. The minimum atomic E-state index is -4.44. The van der Waals surface area contributed by atoms with Crippen molar-refractivity contribution in [3.05, 3.63) is 41.2 Å². The minimum absolute atomic E-state index is 0.0234. The van der Waals surface area contributed by atoms with Gasteiger partial charge >= 0.3 is 6.18 Å². The van der Waals surface area contributed by atoms with Crippen LogP contribution in [-0.4, -0.2) is 9.97 Å². The molecule has 0 radical (unpaired) electrons. The van der Waals surface area contributed by atoms with E-state index in [0.717, 1.165) is 6.07 Å². The zero-order valence-corrected chi connectivity index (χ0v) is 12.0. The number of hydrogen-bond acceptors (Lipinski definition) is 3. The van der Waals surface area contributed by atoms with Crippen LogP contribution in [0.3, 0.4) is 0 Å². The van der Waals surface area contributed by atoms with E-state index in [0.29, 0.717) is 11.4 Å². The van der Waals surface area contributed by atoms with Crippen molar-refractivity contribution in [2.75, 3.05) is 5.73 Å². The van der Waals surface area contributed by atoms with E-state index in [1.807, 2.05) is 13.8 Å². The number of aromatic nitrogens is 2. The summed E-state index contributed by atoms with van der Waals surface area (Å²) in [5, 5.41) is 0. The van der Waals surface area contributed by atoms with Crippen molar-refractivity contribution in [2.24, 2.45) is 0 Å². The maximum Gasteiger partial charge on any atom is 0.417 e. The molecule has 0 aliphatic rings. The number of nitrogens with zero attached hydrogens (tertiary/aromatic N) is 2. The van der Waals surface area contributed by atoms with Crippen LogP contribution in [0.1, 0.15) is 36.7 Å². The topological polar surface area (TPSA) is 51.8 Å². The van der Waals surface area contributed by atoms with Gasteiger partial charge in [0, 0.05) is 17.0 Å². The van der Waals surface area contributed by atoms with E-state index in [9.17, 15) is 13.2 Å². The van der Waals surface area contributed by atoms with Gasteiger partial charge in [-0.1, -0.05) is 32.0 Å². The summed E-state index contributed by atoms with van der Waals surface area (Å²) in [7, 11) is 0. The normalized spacial score (nSPS) is 12.0. The third-order valence-corrected chi connectivity index (χ3v) is 3.20. The third-order valence-electron chi connectivity index (χ3n) is 3.20. The van der Waals surface area contributed by atoms with Gasteiger partial charge in [-0.15, -0.1) is 0 Å². The molecule has 0 saturated carbocycles. The molecule has 0 aliphatic carbocycles. The lowest BCUT2D eigenvalue weighted by Crippen LogP contribution is -2.11. The lowest BCUT2D eigenvalue weighted by Gasteiger charge is -2.16. The van der Waals surface area contributed by atoms with Crippen molar-refractivity contribution in [1.82, 2.24) is 9.97 Å². The fraction of sp³-hybridized carbons (Fsp3) is 0.333. The van der Waals surface area contributed by atoms with E-state index in [1.165, 1.54) is 12.1 Å². The SMILES string of the molecule is Cc1c(N)nc(C(C)C)nc1-c1ccccc1C(F)(F)F. The van der Waals surface area contributed by atoms with Gasteiger partial charge < -0.3 is 5.73 Å². The first-order valence-electron chi connectivity index (χ1n) is 6.52. The number of alkyl halides is 3. The summed E-state index contributed by atoms with van der Waals surface area (Å²) in [6, 6.07) is 5.36. The summed E-state index contributed by atoms with van der Waals surface area (Å²) in [6.45, 7) is 5.36. The fourth-order valence-electron chi connectivity index (χ4n) is 2.01. The first kappa shape index (κ1) is 15.3. The number of anilines is 1. The first-order valence-corrected chi connectivity index (χ1v) is 6.52. The predicted molar refractivity (Wildman–Crippen MR) is 75.7 cm³/mol. The summed E-state index contributed by atoms with van der Waals surface area (Å²) in [4.78, 5) is 8.42. The molecule has 2 aromatic rings. The Kier molecular flexibility index (Phi) is 3.89. The Hall–Kier alpha value is -2.11. The third kappa shape index (κ3) is 2.99. The highest BCUT2D eigenvalue weighted by Gasteiger charge is 2.34. The number of nitrogen functional groups attached to an aromatic ring is 1. The molecule has 6 heteroatoms. The second kappa shape index (κ2) is 5.35. The summed E-state index contributed by atoms with van der Waals surface area (Å²) in [5.74, 6) is 0.621. The summed E-state index contributed by atoms with van der Waals surface area (Å²) in [5.41, 5.74) is 5.82. The standard InChI is InChI=1S/C15H16F3N3/c1-8(2)14-20-12(9(3)13(19)21-14)10-6-4-5-7-11(10)15(16,17)18/h4-8H,1-3H3,(H2,19,20,21). The van der Waals surface area contributed by atoms with Crippen LogP contribution in [0.5, 0.6) is 0 Å². The van der Waals surface area contributed by atoms with Gasteiger partial charge in [0.2, 0.25) is 0 Å². The van der Waals surface area contributed by atoms with Crippen molar-refractivity contribution in [3.63, 3.8) is 0 Å². The first-order chi connectivity index (χ1) is 9.71. The lowest BCUT2D eigenvalue weighted by atomic mass is 10.00. The summed E-state index contributed by atoms with van der Waals surface area (Å²) in [6.07, 6.45) is -4.44. The molecule has 1 heterocycles. The van der Waals surface area contributed by atoms with Crippen LogP contribution in [-0.2, 0) is 6.18 Å². The van der Waals surface area contributed by atoms with Crippen LogP contribution in [0.25, 0.3) is 11.3 Å². The molecule has 0 saturated heterocycles. The molecule has 0 aliphatic heterocycles. The van der Waals surface area contributed by atoms with Gasteiger partial charge in [-0.2, -0.15) is 13.2 Å². The van der Waals surface area contributed by atoms with Crippen LogP contribution in [0.15, 0.2) is 24.3 Å². The Morgan fingerprint density at radius 1 is 1.10 bits per heavy atom. The molecular weight excluding hydrogens is 279 g/mol. The van der Waals surface area contributed by atoms with E-state index in [-0.39, 0.29) is 23.0 Å². The quantitative estimate of drug-likeness (QED) is 0.904. The average molecular weight is 295 g/mol. The predicted octanol–water partition coefficient (Wildman–Crippen LogP) is 4.18. The molecule has 0 atom stereocenters. The van der Waals surface area contributed by atoms with Gasteiger partial charge in [-0.3, -0.25) is 0 Å². The highest BCUT2D eigenvalue weighted by molar-refractivity contribution is 5.70. The molecule has 0 bridgehead atoms. The average Bonchev–Trinajstić information content (AvgIpc) is 2.40. The van der Waals surface area contributed by atoms with Crippen LogP contribution in [0.2, 0.25) is 0 Å². The minimum Gasteiger partial charge on any atom is -0.383 e. The second-order valence-electron chi connectivity index (χ2n) is 5.14. The largest absolute Gasteiger partial charge is 0.417 e. The number of rotatable bonds is 2. The highest BCUT2D eigenvalue weighted by atomic mass is 19.4. The van der Waals surface area contributed by atoms with Crippen molar-refractivity contribution >= 4 is 5.82 Å². The Balaban J connectivity index is 2.73. The van der Waals surface area contributed by atoms with E-state index in [2.05, 4.69) is 9.97 Å². The maximum atomic E-state index is 13.2. The van der Waals surface area contributed by atoms with Gasteiger partial charge in [0.1, 0.15) is 11.6 Å². The molecule has 0 fully saturated rings. The van der Waals surface area contributed by atoms with Crippen molar-refractivity contribution < 1.29 is 13.2 Å². The zero-order valence-electron chi connectivity index (χ0n) is 12.0. The summed E-state index contributed by atoms with van der Waals surface area (Å²) < 4.78 is 39.5. The zero-order chi connectivity index (χ0) is 15.8. The molecule has 0 amide bonds. The van der Waals surface area contributed by atoms with Crippen molar-refractivity contribution in [3.8, 4) is 11.3 Å². The molecule has 0 spiro atoms. The number of benzene rings is 1. The molecule has 0 unspecified atom stereocenters. The highest BCUT2D eigenvalue weighted by Crippen LogP contribution is 2.38. The maximum absolute atomic E-state index is 13.2. The second-order valence-corrected chi connectivity index (χ2v) is 5.14. The van der Waals surface area contributed by atoms with Gasteiger partial charge in [0.15, 0.2) is 0 Å². The van der Waals surface area contributed by atoms with E-state index < -0.39 is 11.7 Å². The van der Waals surface area contributed by atoms with Crippen molar-refractivity contribution in [1.29, 1.82) is 0 Å². The van der Waals surface area contributed by atoms with Gasteiger partial charge in [0.05, 0.1) is 11.3 Å². The molecular formula is C15H16F3N3. The van der Waals surface area contributed by atoms with Crippen LogP contribution in [0.4, 0.5) is 19.0 Å².